The number of hydrogen-bond donors (Lipinski definition) is 1. The summed E-state index contributed by atoms with van der Waals surface area (Å²) >= 11 is 7.01. The predicted molar refractivity (Wildman–Crippen MR) is 212 cm³/mol. The standard InChI is InChI=1S/C43H43ClF4N6O4/c1-25-18-42(15-6-16-54(42)19-25)23-57-32-22-52(3)41-34-39(49-24-50-41)36(44)33(37(45)40(34)58-32)38-35(43(46,47)48)26(2)17-31(51-38)53(20-27-7-11-29(55-4)12-8-27)21-28-9-13-30(56-5)14-10-28/h7-14,17,22,50H,1,6,15-16,18-21,23-24H2,2-5H3/t42-/m0/s1. The van der Waals surface area contributed by atoms with E-state index in [0.29, 0.717) is 17.3 Å². The number of halogens is 5. The molecule has 1 N–H and O–H groups in total. The van der Waals surface area contributed by atoms with E-state index in [-0.39, 0.29) is 70.6 Å². The molecule has 10 nitrogen and oxygen atoms in total. The van der Waals surface area contributed by atoms with Crippen LogP contribution in [0, 0.1) is 12.7 Å². The van der Waals surface area contributed by atoms with Crippen LogP contribution >= 0.6 is 11.6 Å². The largest absolute Gasteiger partial charge is 0.497 e. The number of fused-ring (bicyclic) bond motifs is 1. The highest BCUT2D eigenvalue weighted by Gasteiger charge is 2.47. The summed E-state index contributed by atoms with van der Waals surface area (Å²) in [6.45, 7) is 7.98. The number of methoxy groups -OCH3 is 2. The molecule has 0 saturated carbocycles. The van der Waals surface area contributed by atoms with Crippen LogP contribution in [0.1, 0.15) is 41.5 Å². The van der Waals surface area contributed by atoms with Gasteiger partial charge in [-0.05, 0) is 79.8 Å². The Morgan fingerprint density at radius 1 is 1.03 bits per heavy atom. The number of nitrogens with zero attached hydrogens (tertiary/aromatic N) is 5. The molecular formula is C43H43ClF4N6O4. The number of benzene rings is 3. The fraction of sp³-hybridized carbons (Fsp3) is 0.349. The van der Waals surface area contributed by atoms with Crippen molar-refractivity contribution in [2.45, 2.75) is 51.0 Å². The number of aromatic nitrogens is 1. The van der Waals surface area contributed by atoms with Crippen LogP contribution in [-0.4, -0.2) is 68.0 Å². The van der Waals surface area contributed by atoms with Gasteiger partial charge in [-0.25, -0.2) is 9.37 Å². The van der Waals surface area contributed by atoms with Gasteiger partial charge in [-0.15, -0.1) is 0 Å². The Morgan fingerprint density at radius 2 is 1.69 bits per heavy atom. The van der Waals surface area contributed by atoms with Gasteiger partial charge in [-0.2, -0.15) is 13.2 Å². The van der Waals surface area contributed by atoms with Crippen LogP contribution in [0.4, 0.5) is 23.4 Å². The van der Waals surface area contributed by atoms with Crippen molar-refractivity contribution in [1.29, 1.82) is 0 Å². The number of aryl methyl sites for hydroxylation is 1. The highest BCUT2D eigenvalue weighted by atomic mass is 35.5. The van der Waals surface area contributed by atoms with Crippen molar-refractivity contribution in [1.82, 2.24) is 20.1 Å². The summed E-state index contributed by atoms with van der Waals surface area (Å²) in [5.74, 6) is 0.329. The zero-order valence-electron chi connectivity index (χ0n) is 32.6. The lowest BCUT2D eigenvalue weighted by molar-refractivity contribution is -0.137. The van der Waals surface area contributed by atoms with E-state index in [1.807, 2.05) is 29.2 Å². The van der Waals surface area contributed by atoms with Crippen LogP contribution in [0.3, 0.4) is 0 Å². The van der Waals surface area contributed by atoms with Gasteiger partial charge in [-0.3, -0.25) is 9.89 Å². The second-order valence-electron chi connectivity index (χ2n) is 15.1. The molecule has 15 heteroatoms. The summed E-state index contributed by atoms with van der Waals surface area (Å²) < 4.78 is 86.4. The summed E-state index contributed by atoms with van der Waals surface area (Å²) in [5, 5.41) is 3.05. The molecule has 4 aliphatic rings. The first kappa shape index (κ1) is 39.4. The van der Waals surface area contributed by atoms with Crippen molar-refractivity contribution in [3.8, 4) is 28.5 Å². The lowest BCUT2D eigenvalue weighted by Crippen LogP contribution is -2.43. The molecule has 4 aromatic rings. The van der Waals surface area contributed by atoms with Gasteiger partial charge in [0.25, 0.3) is 0 Å². The molecule has 1 aromatic heterocycles. The van der Waals surface area contributed by atoms with E-state index >= 15 is 17.6 Å². The van der Waals surface area contributed by atoms with Gasteiger partial charge in [0, 0.05) is 26.7 Å². The SMILES string of the molecule is C=C1CN2CCC[C@@]2(COC2=CN(C)C3=c4c(c(F)c(-c5nc(N(Cc6ccc(OC)cc6)Cc6ccc(OC)cc6)cc(C)c5C(F)(F)F)c(Cl)c4=NCN3)O2)C1. The van der Waals surface area contributed by atoms with Crippen molar-refractivity contribution in [2.75, 3.05) is 52.5 Å². The minimum Gasteiger partial charge on any atom is -0.497 e. The molecule has 0 aliphatic carbocycles. The number of nitrogens with one attached hydrogen (secondary N) is 1. The molecule has 58 heavy (non-hydrogen) atoms. The third kappa shape index (κ3) is 7.28. The molecule has 0 amide bonds. The number of anilines is 1. The van der Waals surface area contributed by atoms with Crippen LogP contribution in [-0.2, 0) is 24.0 Å². The fourth-order valence-electron chi connectivity index (χ4n) is 8.46. The van der Waals surface area contributed by atoms with Gasteiger partial charge in [0.15, 0.2) is 11.6 Å². The van der Waals surface area contributed by atoms with Crippen LogP contribution in [0.5, 0.6) is 17.2 Å². The summed E-state index contributed by atoms with van der Waals surface area (Å²) in [6.07, 6.45) is -0.697. The number of pyridine rings is 1. The zero-order chi connectivity index (χ0) is 40.9. The zero-order valence-corrected chi connectivity index (χ0v) is 33.4. The molecule has 0 radical (unpaired) electrons. The smallest absolute Gasteiger partial charge is 0.418 e. The van der Waals surface area contributed by atoms with Crippen LogP contribution in [0.2, 0.25) is 5.02 Å². The summed E-state index contributed by atoms with van der Waals surface area (Å²) in [7, 11) is 4.86. The third-order valence-electron chi connectivity index (χ3n) is 11.2. The quantitative estimate of drug-likeness (QED) is 0.124. The van der Waals surface area contributed by atoms with Crippen molar-refractivity contribution < 1.29 is 36.5 Å². The monoisotopic (exact) mass is 818 g/mol. The van der Waals surface area contributed by atoms with Crippen molar-refractivity contribution in [3.63, 3.8) is 0 Å². The molecule has 2 saturated heterocycles. The predicted octanol–water partition coefficient (Wildman–Crippen LogP) is 7.27. The molecule has 1 atom stereocenters. The maximum Gasteiger partial charge on any atom is 0.418 e. The van der Waals surface area contributed by atoms with Gasteiger partial charge in [0.1, 0.15) is 36.4 Å². The molecular weight excluding hydrogens is 776 g/mol. The van der Waals surface area contributed by atoms with E-state index in [1.54, 1.807) is 56.6 Å². The molecule has 2 fully saturated rings. The van der Waals surface area contributed by atoms with Crippen molar-refractivity contribution in [2.24, 2.45) is 4.99 Å². The minimum absolute atomic E-state index is 0.0250. The first-order chi connectivity index (χ1) is 27.8. The topological polar surface area (TPSA) is 83.9 Å². The van der Waals surface area contributed by atoms with E-state index in [4.69, 9.17) is 30.5 Å². The molecule has 3 aromatic carbocycles. The van der Waals surface area contributed by atoms with E-state index in [0.717, 1.165) is 49.1 Å². The highest BCUT2D eigenvalue weighted by molar-refractivity contribution is 6.33. The Kier molecular flexibility index (Phi) is 10.4. The highest BCUT2D eigenvalue weighted by Crippen LogP contribution is 2.45. The van der Waals surface area contributed by atoms with Crippen LogP contribution in [0.25, 0.3) is 17.1 Å². The minimum atomic E-state index is -4.94. The molecule has 304 valence electrons. The molecule has 5 heterocycles. The lowest BCUT2D eigenvalue weighted by Gasteiger charge is -2.31. The Balaban J connectivity index is 1.26. The third-order valence-corrected chi connectivity index (χ3v) is 11.6. The van der Waals surface area contributed by atoms with Gasteiger partial charge in [0.2, 0.25) is 0 Å². The Bertz CT molecular complexity index is 2380. The Hall–Kier alpha value is -5.47. The second-order valence-corrected chi connectivity index (χ2v) is 15.5. The average molecular weight is 819 g/mol. The van der Waals surface area contributed by atoms with Gasteiger partial charge in [-0.1, -0.05) is 48.0 Å². The summed E-state index contributed by atoms with van der Waals surface area (Å²) in [4.78, 5) is 15.0. The number of ether oxygens (including phenoxy) is 4. The summed E-state index contributed by atoms with van der Waals surface area (Å²) in [6, 6.07) is 16.0. The molecule has 4 aliphatic heterocycles. The first-order valence-electron chi connectivity index (χ1n) is 18.9. The Labute approximate surface area is 338 Å². The van der Waals surface area contributed by atoms with E-state index in [1.165, 1.54) is 13.0 Å². The average Bonchev–Trinajstić information content (AvgIpc) is 3.68. The number of hydrogen-bond acceptors (Lipinski definition) is 10. The normalized spacial score (nSPS) is 18.7. The number of rotatable bonds is 11. The van der Waals surface area contributed by atoms with E-state index in [9.17, 15) is 0 Å². The van der Waals surface area contributed by atoms with Gasteiger partial charge < -0.3 is 34.1 Å². The maximum absolute atomic E-state index is 17.5. The van der Waals surface area contributed by atoms with Gasteiger partial charge >= 0.3 is 12.1 Å². The van der Waals surface area contributed by atoms with Gasteiger partial charge in [0.05, 0.1) is 58.4 Å². The number of alkyl halides is 3. The fourth-order valence-corrected chi connectivity index (χ4v) is 8.78. The van der Waals surface area contributed by atoms with Crippen molar-refractivity contribution >= 4 is 23.2 Å². The molecule has 8 rings (SSSR count). The molecule has 0 spiro atoms. The Morgan fingerprint density at radius 3 is 2.31 bits per heavy atom. The van der Waals surface area contributed by atoms with Crippen LogP contribution in [0.15, 0.2) is 83.9 Å². The lowest BCUT2D eigenvalue weighted by atomic mass is 9.94. The van der Waals surface area contributed by atoms with Crippen molar-refractivity contribution in [3.05, 3.63) is 123 Å². The van der Waals surface area contributed by atoms with Crippen LogP contribution < -0.4 is 35.0 Å². The first-order valence-corrected chi connectivity index (χ1v) is 19.3. The summed E-state index contributed by atoms with van der Waals surface area (Å²) in [5.41, 5.74) is -0.0593. The van der Waals surface area contributed by atoms with E-state index < -0.39 is 28.8 Å². The van der Waals surface area contributed by atoms with E-state index in [2.05, 4.69) is 26.8 Å². The second kappa shape index (κ2) is 15.4. The maximum atomic E-state index is 17.5. The molecule has 0 bridgehead atoms. The molecule has 0 unspecified atom stereocenters.